The molecule has 1 aromatic carbocycles. The lowest BCUT2D eigenvalue weighted by molar-refractivity contribution is -0.187. The second-order valence-electron chi connectivity index (χ2n) is 7.65. The molecule has 0 spiro atoms. The van der Waals surface area contributed by atoms with Gasteiger partial charge in [0.1, 0.15) is 11.4 Å². The highest BCUT2D eigenvalue weighted by molar-refractivity contribution is 5.92. The molecule has 7 heteroatoms. The van der Waals surface area contributed by atoms with Gasteiger partial charge in [-0.25, -0.2) is 9.59 Å². The average Bonchev–Trinajstić information content (AvgIpc) is 2.45. The van der Waals surface area contributed by atoms with Gasteiger partial charge in [0.2, 0.25) is 0 Å². The molecule has 0 fully saturated rings. The summed E-state index contributed by atoms with van der Waals surface area (Å²) in [6, 6.07) is 3.13. The minimum Gasteiger partial charge on any atom is -0.488 e. The Kier molecular flexibility index (Phi) is 6.39. The van der Waals surface area contributed by atoms with E-state index in [4.69, 9.17) is 14.6 Å². The maximum atomic E-state index is 13.9. The number of rotatable bonds is 6. The van der Waals surface area contributed by atoms with Gasteiger partial charge in [0.05, 0.1) is 5.56 Å². The lowest BCUT2D eigenvalue weighted by Crippen LogP contribution is -2.47. The Hall–Kier alpha value is -2.18. The molecule has 1 N–H and O–H groups in total. The molecular formula is C19H26F2O5. The van der Waals surface area contributed by atoms with E-state index in [2.05, 4.69) is 0 Å². The Bertz CT molecular complexity index is 690. The Morgan fingerprint density at radius 3 is 2.04 bits per heavy atom. The molecule has 0 saturated heterocycles. The van der Waals surface area contributed by atoms with E-state index in [0.29, 0.717) is 16.9 Å². The molecule has 0 amide bonds. The van der Waals surface area contributed by atoms with E-state index in [0.717, 1.165) is 0 Å². The fourth-order valence-electron chi connectivity index (χ4n) is 2.38. The Labute approximate surface area is 152 Å². The highest BCUT2D eigenvalue weighted by atomic mass is 19.3. The summed E-state index contributed by atoms with van der Waals surface area (Å²) in [5.41, 5.74) is 0.783. The highest BCUT2D eigenvalue weighted by Crippen LogP contribution is 2.31. The maximum absolute atomic E-state index is 13.9. The van der Waals surface area contributed by atoms with Gasteiger partial charge in [0.25, 0.3) is 0 Å². The lowest BCUT2D eigenvalue weighted by atomic mass is 10.00. The molecule has 0 heterocycles. The van der Waals surface area contributed by atoms with Gasteiger partial charge in [-0.2, -0.15) is 8.78 Å². The molecule has 1 aromatic rings. The number of hydrogen-bond acceptors (Lipinski definition) is 4. The third-order valence-corrected chi connectivity index (χ3v) is 3.64. The van der Waals surface area contributed by atoms with Crippen LogP contribution in [0.15, 0.2) is 12.1 Å². The Morgan fingerprint density at radius 1 is 1.08 bits per heavy atom. The number of carbonyl (C=O) groups is 2. The maximum Gasteiger partial charge on any atom is 0.378 e. The van der Waals surface area contributed by atoms with E-state index in [-0.39, 0.29) is 5.56 Å². The molecule has 26 heavy (non-hydrogen) atoms. The summed E-state index contributed by atoms with van der Waals surface area (Å²) in [5, 5.41) is 8.73. The first-order chi connectivity index (χ1) is 11.7. The highest BCUT2D eigenvalue weighted by Gasteiger charge is 2.51. The van der Waals surface area contributed by atoms with Crippen molar-refractivity contribution >= 4 is 11.9 Å². The van der Waals surface area contributed by atoms with Gasteiger partial charge in [0.15, 0.2) is 6.10 Å². The van der Waals surface area contributed by atoms with Crippen molar-refractivity contribution in [2.75, 3.05) is 0 Å². The molecule has 0 radical (unpaired) electrons. The van der Waals surface area contributed by atoms with Gasteiger partial charge in [-0.1, -0.05) is 13.8 Å². The van der Waals surface area contributed by atoms with Crippen LogP contribution in [-0.4, -0.2) is 34.7 Å². The summed E-state index contributed by atoms with van der Waals surface area (Å²) in [7, 11) is 0. The molecule has 0 aliphatic rings. The van der Waals surface area contributed by atoms with Crippen LogP contribution in [0, 0.1) is 19.8 Å². The van der Waals surface area contributed by atoms with E-state index in [1.807, 2.05) is 20.8 Å². The zero-order valence-electron chi connectivity index (χ0n) is 16.1. The number of benzene rings is 1. The Balaban J connectivity index is 3.17. The second-order valence-corrected chi connectivity index (χ2v) is 7.65. The summed E-state index contributed by atoms with van der Waals surface area (Å²) in [5.74, 6) is -7.81. The minimum atomic E-state index is -4.18. The molecule has 0 aromatic heterocycles. The fraction of sp³-hybridized carbons (Fsp3) is 0.579. The monoisotopic (exact) mass is 372 g/mol. The molecular weight excluding hydrogens is 346 g/mol. The van der Waals surface area contributed by atoms with Gasteiger partial charge in [-0.05, 0) is 63.8 Å². The second kappa shape index (κ2) is 7.60. The molecule has 0 aliphatic carbocycles. The number of aryl methyl sites for hydroxylation is 2. The van der Waals surface area contributed by atoms with Crippen LogP contribution in [0.5, 0.6) is 5.75 Å². The third-order valence-electron chi connectivity index (χ3n) is 3.64. The molecule has 146 valence electrons. The van der Waals surface area contributed by atoms with Crippen LogP contribution in [0.25, 0.3) is 0 Å². The van der Waals surface area contributed by atoms with E-state index in [1.165, 1.54) is 19.9 Å². The number of carboxylic acids is 1. The number of carboxylic acid groups (broad SMARTS) is 1. The van der Waals surface area contributed by atoms with Crippen molar-refractivity contribution < 1.29 is 33.0 Å². The number of ether oxygens (including phenoxy) is 2. The average molecular weight is 372 g/mol. The smallest absolute Gasteiger partial charge is 0.378 e. The minimum absolute atomic E-state index is 0.0931. The number of halogens is 2. The van der Waals surface area contributed by atoms with Crippen LogP contribution < -0.4 is 4.74 Å². The molecule has 5 nitrogen and oxygen atoms in total. The van der Waals surface area contributed by atoms with Crippen LogP contribution in [0.4, 0.5) is 8.78 Å². The third kappa shape index (κ3) is 5.16. The van der Waals surface area contributed by atoms with Crippen molar-refractivity contribution in [3.05, 3.63) is 28.8 Å². The van der Waals surface area contributed by atoms with Gasteiger partial charge in [-0.3, -0.25) is 0 Å². The Morgan fingerprint density at radius 2 is 1.62 bits per heavy atom. The predicted octanol–water partition coefficient (Wildman–Crippen LogP) is 4.38. The summed E-state index contributed by atoms with van der Waals surface area (Å²) < 4.78 is 38.4. The lowest BCUT2D eigenvalue weighted by Gasteiger charge is -2.27. The van der Waals surface area contributed by atoms with Crippen molar-refractivity contribution in [3.63, 3.8) is 0 Å². The van der Waals surface area contributed by atoms with Crippen molar-refractivity contribution in [2.45, 2.75) is 66.1 Å². The zero-order chi connectivity index (χ0) is 20.4. The summed E-state index contributed by atoms with van der Waals surface area (Å²) in [4.78, 5) is 23.2. The van der Waals surface area contributed by atoms with E-state index < -0.39 is 35.5 Å². The van der Waals surface area contributed by atoms with Crippen molar-refractivity contribution in [3.8, 4) is 5.75 Å². The van der Waals surface area contributed by atoms with Crippen LogP contribution >= 0.6 is 0 Å². The number of esters is 1. The fourth-order valence-corrected chi connectivity index (χ4v) is 2.38. The van der Waals surface area contributed by atoms with Crippen molar-refractivity contribution in [1.82, 2.24) is 0 Å². The van der Waals surface area contributed by atoms with E-state index in [1.54, 1.807) is 19.9 Å². The standard InChI is InChI=1S/C19H26F2O5/c1-10(2)15(19(20,21)17(23)24)25-16(22)13-8-12(4)14(9-11(13)3)26-18(5,6)7/h8-10,15H,1-7H3,(H,23,24). The van der Waals surface area contributed by atoms with Crippen LogP contribution in [0.1, 0.15) is 56.1 Å². The number of aliphatic carboxylic acids is 1. The summed E-state index contributed by atoms with van der Waals surface area (Å²) >= 11 is 0. The first kappa shape index (κ1) is 21.9. The SMILES string of the molecule is Cc1cc(C(=O)OC(C(C)C)C(F)(F)C(=O)O)c(C)cc1OC(C)(C)C. The van der Waals surface area contributed by atoms with Gasteiger partial charge in [-0.15, -0.1) is 0 Å². The van der Waals surface area contributed by atoms with Crippen molar-refractivity contribution in [2.24, 2.45) is 5.92 Å². The van der Waals surface area contributed by atoms with Crippen LogP contribution in [0.3, 0.4) is 0 Å². The van der Waals surface area contributed by atoms with Gasteiger partial charge < -0.3 is 14.6 Å². The van der Waals surface area contributed by atoms with Crippen LogP contribution in [0.2, 0.25) is 0 Å². The van der Waals surface area contributed by atoms with Crippen molar-refractivity contribution in [1.29, 1.82) is 0 Å². The summed E-state index contributed by atoms with van der Waals surface area (Å²) in [6.45, 7) is 11.7. The molecule has 0 aliphatic heterocycles. The van der Waals surface area contributed by atoms with E-state index in [9.17, 15) is 18.4 Å². The number of alkyl halides is 2. The number of hydrogen-bond donors (Lipinski definition) is 1. The molecule has 1 unspecified atom stereocenters. The van der Waals surface area contributed by atoms with Gasteiger partial charge in [0, 0.05) is 0 Å². The predicted molar refractivity (Wildman–Crippen MR) is 92.9 cm³/mol. The molecule has 0 saturated carbocycles. The molecule has 0 bridgehead atoms. The molecule has 1 atom stereocenters. The quantitative estimate of drug-likeness (QED) is 0.750. The topological polar surface area (TPSA) is 72.8 Å². The largest absolute Gasteiger partial charge is 0.488 e. The first-order valence-electron chi connectivity index (χ1n) is 8.29. The zero-order valence-corrected chi connectivity index (χ0v) is 16.1. The van der Waals surface area contributed by atoms with E-state index >= 15 is 0 Å². The van der Waals surface area contributed by atoms with Crippen LogP contribution in [-0.2, 0) is 9.53 Å². The first-order valence-corrected chi connectivity index (χ1v) is 8.29. The normalized spacial score (nSPS) is 13.5. The van der Waals surface area contributed by atoms with Gasteiger partial charge >= 0.3 is 17.9 Å². The number of carbonyl (C=O) groups excluding carboxylic acids is 1. The summed E-state index contributed by atoms with van der Waals surface area (Å²) in [6.07, 6.45) is -2.07. The molecule has 1 rings (SSSR count).